The summed E-state index contributed by atoms with van der Waals surface area (Å²) < 4.78 is 13.1. The van der Waals surface area contributed by atoms with Crippen LogP contribution in [0.1, 0.15) is 25.8 Å². The highest BCUT2D eigenvalue weighted by Gasteiger charge is 2.19. The van der Waals surface area contributed by atoms with Crippen LogP contribution in [-0.2, 0) is 4.79 Å². The number of rotatable bonds is 5. The summed E-state index contributed by atoms with van der Waals surface area (Å²) in [5.41, 5.74) is 1.08. The summed E-state index contributed by atoms with van der Waals surface area (Å²) in [6, 6.07) is 3.05. The molecule has 1 aromatic rings. The van der Waals surface area contributed by atoms with E-state index in [0.29, 0.717) is 5.69 Å². The van der Waals surface area contributed by atoms with E-state index < -0.39 is 23.9 Å². The molecule has 0 aliphatic carbocycles. The minimum atomic E-state index is -0.981. The fourth-order valence-electron chi connectivity index (χ4n) is 1.70. The highest BCUT2D eigenvalue weighted by Crippen LogP contribution is 2.16. The van der Waals surface area contributed by atoms with E-state index >= 15 is 0 Å². The lowest BCUT2D eigenvalue weighted by Gasteiger charge is -2.21. The van der Waals surface area contributed by atoms with Crippen LogP contribution in [0.3, 0.4) is 0 Å². The highest BCUT2D eigenvalue weighted by molar-refractivity contribution is 5.90. The fourth-order valence-corrected chi connectivity index (χ4v) is 1.70. The summed E-state index contributed by atoms with van der Waals surface area (Å²) in [5, 5.41) is 13.9. The molecule has 3 N–H and O–H groups in total. The average Bonchev–Trinajstić information content (AvgIpc) is 2.32. The van der Waals surface area contributed by atoms with Gasteiger partial charge in [-0.2, -0.15) is 0 Å². The first-order valence-corrected chi connectivity index (χ1v) is 6.35. The monoisotopic (exact) mass is 282 g/mol. The van der Waals surface area contributed by atoms with Crippen LogP contribution in [-0.4, -0.2) is 23.1 Å². The van der Waals surface area contributed by atoms with Gasteiger partial charge in [0.05, 0.1) is 6.42 Å². The number of nitrogens with one attached hydrogen (secondary N) is 2. The largest absolute Gasteiger partial charge is 0.481 e. The third kappa shape index (κ3) is 4.87. The van der Waals surface area contributed by atoms with Gasteiger partial charge in [-0.05, 0) is 30.5 Å². The average molecular weight is 282 g/mol. The first-order valence-electron chi connectivity index (χ1n) is 6.35. The van der Waals surface area contributed by atoms with Crippen LogP contribution in [0.5, 0.6) is 0 Å². The molecule has 0 heterocycles. The van der Waals surface area contributed by atoms with Gasteiger partial charge in [0.2, 0.25) is 0 Å². The Morgan fingerprint density at radius 1 is 1.35 bits per heavy atom. The van der Waals surface area contributed by atoms with Crippen LogP contribution in [0, 0.1) is 18.7 Å². The maximum absolute atomic E-state index is 13.1. The Morgan fingerprint density at radius 3 is 2.55 bits per heavy atom. The molecule has 0 aliphatic rings. The number of aliphatic carboxylic acids is 1. The smallest absolute Gasteiger partial charge is 0.319 e. The Morgan fingerprint density at radius 2 is 2.00 bits per heavy atom. The lowest BCUT2D eigenvalue weighted by molar-refractivity contribution is -0.137. The van der Waals surface area contributed by atoms with Crippen LogP contribution in [0.4, 0.5) is 14.9 Å². The lowest BCUT2D eigenvalue weighted by Crippen LogP contribution is -2.42. The van der Waals surface area contributed by atoms with Gasteiger partial charge in [0, 0.05) is 11.7 Å². The van der Waals surface area contributed by atoms with E-state index in [9.17, 15) is 14.0 Å². The second kappa shape index (κ2) is 6.88. The van der Waals surface area contributed by atoms with Gasteiger partial charge in [0.15, 0.2) is 0 Å². The maximum Gasteiger partial charge on any atom is 0.319 e. The predicted octanol–water partition coefficient (Wildman–Crippen LogP) is 2.75. The van der Waals surface area contributed by atoms with Crippen molar-refractivity contribution in [1.82, 2.24) is 5.32 Å². The molecule has 0 radical (unpaired) electrons. The SMILES string of the molecule is Cc1ccc(F)cc1NC(=O)NC(CC(=O)O)C(C)C. The Bertz CT molecular complexity index is 503. The summed E-state index contributed by atoms with van der Waals surface area (Å²) in [6.07, 6.45) is -0.160. The zero-order valence-corrected chi connectivity index (χ0v) is 11.7. The van der Waals surface area contributed by atoms with Gasteiger partial charge in [-0.1, -0.05) is 19.9 Å². The van der Waals surface area contributed by atoms with Crippen molar-refractivity contribution < 1.29 is 19.1 Å². The van der Waals surface area contributed by atoms with Crippen LogP contribution in [0.15, 0.2) is 18.2 Å². The maximum atomic E-state index is 13.1. The van der Waals surface area contributed by atoms with Crippen LogP contribution < -0.4 is 10.6 Å². The van der Waals surface area contributed by atoms with E-state index in [0.717, 1.165) is 5.56 Å². The van der Waals surface area contributed by atoms with Crippen molar-refractivity contribution in [1.29, 1.82) is 0 Å². The first kappa shape index (κ1) is 15.9. The van der Waals surface area contributed by atoms with Crippen molar-refractivity contribution >= 4 is 17.7 Å². The molecule has 0 aliphatic heterocycles. The number of carbonyl (C=O) groups excluding carboxylic acids is 1. The number of aryl methyl sites for hydroxylation is 1. The minimum Gasteiger partial charge on any atom is -0.481 e. The normalized spacial score (nSPS) is 12.1. The van der Waals surface area contributed by atoms with Crippen molar-refractivity contribution in [3.05, 3.63) is 29.6 Å². The van der Waals surface area contributed by atoms with E-state index in [1.165, 1.54) is 12.1 Å². The number of carboxylic acid groups (broad SMARTS) is 1. The number of halogens is 1. The standard InChI is InChI=1S/C14H19FN2O3/c1-8(2)11(7-13(18)19)16-14(20)17-12-6-10(15)5-4-9(12)3/h4-6,8,11H,7H2,1-3H3,(H,18,19)(H2,16,17,20). The van der Waals surface area contributed by atoms with Gasteiger partial charge in [0.1, 0.15) is 5.82 Å². The highest BCUT2D eigenvalue weighted by atomic mass is 19.1. The zero-order valence-electron chi connectivity index (χ0n) is 11.7. The van der Waals surface area contributed by atoms with E-state index in [1.54, 1.807) is 13.0 Å². The van der Waals surface area contributed by atoms with E-state index in [4.69, 9.17) is 5.11 Å². The molecule has 0 aromatic heterocycles. The van der Waals surface area contributed by atoms with Gasteiger partial charge in [-0.25, -0.2) is 9.18 Å². The van der Waals surface area contributed by atoms with E-state index in [2.05, 4.69) is 10.6 Å². The molecule has 2 amide bonds. The van der Waals surface area contributed by atoms with Gasteiger partial charge in [0.25, 0.3) is 0 Å². The van der Waals surface area contributed by atoms with Crippen molar-refractivity contribution in [2.24, 2.45) is 5.92 Å². The molecule has 1 atom stereocenters. The van der Waals surface area contributed by atoms with Crippen molar-refractivity contribution in [3.8, 4) is 0 Å². The number of amides is 2. The Kier molecular flexibility index (Phi) is 5.49. The van der Waals surface area contributed by atoms with E-state index in [1.807, 2.05) is 13.8 Å². The number of urea groups is 1. The number of carbonyl (C=O) groups is 2. The zero-order chi connectivity index (χ0) is 15.3. The Balaban J connectivity index is 2.70. The molecule has 0 fully saturated rings. The molecule has 0 spiro atoms. The molecule has 0 saturated carbocycles. The van der Waals surface area contributed by atoms with E-state index in [-0.39, 0.29) is 12.3 Å². The molecular weight excluding hydrogens is 263 g/mol. The summed E-state index contributed by atoms with van der Waals surface area (Å²) in [6.45, 7) is 5.38. The summed E-state index contributed by atoms with van der Waals surface area (Å²) in [4.78, 5) is 22.6. The number of carboxylic acids is 1. The number of hydrogen-bond acceptors (Lipinski definition) is 2. The summed E-state index contributed by atoms with van der Waals surface area (Å²) in [7, 11) is 0. The topological polar surface area (TPSA) is 78.4 Å². The molecule has 0 saturated heterocycles. The quantitative estimate of drug-likeness (QED) is 0.777. The summed E-state index contributed by atoms with van der Waals surface area (Å²) in [5.74, 6) is -1.45. The molecule has 0 bridgehead atoms. The van der Waals surface area contributed by atoms with Crippen LogP contribution in [0.2, 0.25) is 0 Å². The first-order chi connectivity index (χ1) is 9.29. The number of hydrogen-bond donors (Lipinski definition) is 3. The third-order valence-electron chi connectivity index (χ3n) is 2.96. The number of benzene rings is 1. The second-order valence-electron chi connectivity index (χ2n) is 5.01. The van der Waals surface area contributed by atoms with Crippen molar-refractivity contribution in [2.75, 3.05) is 5.32 Å². The Labute approximate surface area is 117 Å². The Hall–Kier alpha value is -2.11. The lowest BCUT2D eigenvalue weighted by atomic mass is 10.0. The second-order valence-corrected chi connectivity index (χ2v) is 5.01. The molecular formula is C14H19FN2O3. The molecule has 110 valence electrons. The number of anilines is 1. The molecule has 20 heavy (non-hydrogen) atoms. The van der Waals surface area contributed by atoms with Gasteiger partial charge < -0.3 is 15.7 Å². The molecule has 1 aromatic carbocycles. The third-order valence-corrected chi connectivity index (χ3v) is 2.96. The molecule has 1 unspecified atom stereocenters. The molecule has 6 heteroatoms. The fraction of sp³-hybridized carbons (Fsp3) is 0.429. The van der Waals surface area contributed by atoms with Gasteiger partial charge >= 0.3 is 12.0 Å². The molecule has 1 rings (SSSR count). The van der Waals surface area contributed by atoms with Gasteiger partial charge in [-0.15, -0.1) is 0 Å². The van der Waals surface area contributed by atoms with Gasteiger partial charge in [-0.3, -0.25) is 4.79 Å². The van der Waals surface area contributed by atoms with Crippen LogP contribution >= 0.6 is 0 Å². The predicted molar refractivity (Wildman–Crippen MR) is 74.2 cm³/mol. The molecule has 5 nitrogen and oxygen atoms in total. The van der Waals surface area contributed by atoms with Crippen molar-refractivity contribution in [2.45, 2.75) is 33.2 Å². The minimum absolute atomic E-state index is 0.0227. The van der Waals surface area contributed by atoms with Crippen molar-refractivity contribution in [3.63, 3.8) is 0 Å². The van der Waals surface area contributed by atoms with Crippen LogP contribution in [0.25, 0.3) is 0 Å². The summed E-state index contributed by atoms with van der Waals surface area (Å²) >= 11 is 0.